The fourth-order valence-electron chi connectivity index (χ4n) is 1.76. The van der Waals surface area contributed by atoms with Crippen molar-refractivity contribution in [3.8, 4) is 0 Å². The average Bonchev–Trinajstić information content (AvgIpc) is 2.18. The molecule has 1 fully saturated rings. The van der Waals surface area contributed by atoms with Gasteiger partial charge in [-0.05, 0) is 31.5 Å². The molecule has 0 bridgehead atoms. The predicted octanol–water partition coefficient (Wildman–Crippen LogP) is 1.44. The number of hydrogen-bond acceptors (Lipinski definition) is 3. The van der Waals surface area contributed by atoms with E-state index in [1.165, 1.54) is 5.56 Å². The van der Waals surface area contributed by atoms with Gasteiger partial charge in [0.05, 0.1) is 12.2 Å². The molecule has 3 heteroatoms. The molecule has 0 aliphatic carbocycles. The van der Waals surface area contributed by atoms with E-state index in [9.17, 15) is 0 Å². The van der Waals surface area contributed by atoms with E-state index >= 15 is 0 Å². The summed E-state index contributed by atoms with van der Waals surface area (Å²) in [7, 11) is 0. The monoisotopic (exact) mass is 192 g/mol. The van der Waals surface area contributed by atoms with Crippen molar-refractivity contribution in [2.24, 2.45) is 0 Å². The third kappa shape index (κ3) is 2.11. The zero-order valence-corrected chi connectivity index (χ0v) is 8.66. The molecule has 1 aliphatic rings. The standard InChI is InChI=1S/C11H16N2O/c1-8-5-10(3-4-13-8)11-7-12-6-9(2)14-11/h3-5,9,11-12H,6-7H2,1-2H3/t9?,11-/m1/s1. The molecular formula is C11H16N2O. The smallest absolute Gasteiger partial charge is 0.0954 e. The minimum atomic E-state index is 0.181. The van der Waals surface area contributed by atoms with Crippen LogP contribution in [0.4, 0.5) is 0 Å². The topological polar surface area (TPSA) is 34.1 Å². The normalized spacial score (nSPS) is 27.6. The van der Waals surface area contributed by atoms with Crippen LogP contribution < -0.4 is 5.32 Å². The van der Waals surface area contributed by atoms with Gasteiger partial charge in [0, 0.05) is 25.0 Å². The van der Waals surface area contributed by atoms with Crippen LogP contribution in [0.25, 0.3) is 0 Å². The molecule has 1 aromatic rings. The summed E-state index contributed by atoms with van der Waals surface area (Å²) >= 11 is 0. The molecule has 1 unspecified atom stereocenters. The van der Waals surface area contributed by atoms with Gasteiger partial charge >= 0.3 is 0 Å². The Hall–Kier alpha value is -0.930. The highest BCUT2D eigenvalue weighted by atomic mass is 16.5. The quantitative estimate of drug-likeness (QED) is 0.731. The Morgan fingerprint density at radius 3 is 3.07 bits per heavy atom. The maximum atomic E-state index is 5.84. The van der Waals surface area contributed by atoms with Crippen LogP contribution in [0.2, 0.25) is 0 Å². The van der Waals surface area contributed by atoms with Crippen molar-refractivity contribution in [2.45, 2.75) is 26.1 Å². The number of rotatable bonds is 1. The molecule has 1 saturated heterocycles. The molecule has 2 rings (SSSR count). The zero-order chi connectivity index (χ0) is 9.97. The SMILES string of the molecule is Cc1cc([C@H]2CNCC(C)O2)ccn1. The summed E-state index contributed by atoms with van der Waals surface area (Å²) in [5.41, 5.74) is 2.26. The van der Waals surface area contributed by atoms with Crippen molar-refractivity contribution in [1.29, 1.82) is 0 Å². The summed E-state index contributed by atoms with van der Waals surface area (Å²) < 4.78 is 5.84. The zero-order valence-electron chi connectivity index (χ0n) is 8.66. The Balaban J connectivity index is 2.14. The molecule has 3 nitrogen and oxygen atoms in total. The Bertz CT molecular complexity index is 314. The van der Waals surface area contributed by atoms with E-state index in [1.807, 2.05) is 19.2 Å². The van der Waals surface area contributed by atoms with Crippen molar-refractivity contribution in [3.63, 3.8) is 0 Å². The Labute approximate surface area is 84.5 Å². The molecule has 0 radical (unpaired) electrons. The number of pyridine rings is 1. The minimum Gasteiger partial charge on any atom is -0.368 e. The second kappa shape index (κ2) is 4.07. The first-order valence-corrected chi connectivity index (χ1v) is 5.04. The second-order valence-electron chi connectivity index (χ2n) is 3.82. The first-order chi connectivity index (χ1) is 6.75. The van der Waals surface area contributed by atoms with Gasteiger partial charge in [-0.2, -0.15) is 0 Å². The van der Waals surface area contributed by atoms with Crippen LogP contribution in [0, 0.1) is 6.92 Å². The summed E-state index contributed by atoms with van der Waals surface area (Å²) in [5, 5.41) is 3.36. The molecule has 1 aliphatic heterocycles. The van der Waals surface area contributed by atoms with Crippen molar-refractivity contribution in [1.82, 2.24) is 10.3 Å². The van der Waals surface area contributed by atoms with Crippen LogP contribution >= 0.6 is 0 Å². The van der Waals surface area contributed by atoms with E-state index in [-0.39, 0.29) is 6.10 Å². The molecule has 2 atom stereocenters. The first-order valence-electron chi connectivity index (χ1n) is 5.04. The lowest BCUT2D eigenvalue weighted by molar-refractivity contribution is -0.0287. The molecule has 0 saturated carbocycles. The van der Waals surface area contributed by atoms with E-state index in [0.717, 1.165) is 18.8 Å². The Kier molecular flexibility index (Phi) is 2.79. The van der Waals surface area contributed by atoms with Gasteiger partial charge in [-0.1, -0.05) is 0 Å². The van der Waals surface area contributed by atoms with Crippen LogP contribution in [0.5, 0.6) is 0 Å². The fourth-order valence-corrected chi connectivity index (χ4v) is 1.76. The van der Waals surface area contributed by atoms with Gasteiger partial charge in [0.25, 0.3) is 0 Å². The van der Waals surface area contributed by atoms with Crippen LogP contribution in [0.15, 0.2) is 18.3 Å². The van der Waals surface area contributed by atoms with Crippen molar-refractivity contribution < 1.29 is 4.74 Å². The number of nitrogens with zero attached hydrogens (tertiary/aromatic N) is 1. The van der Waals surface area contributed by atoms with E-state index in [1.54, 1.807) is 0 Å². The lowest BCUT2D eigenvalue weighted by Gasteiger charge is -2.29. The highest BCUT2D eigenvalue weighted by Gasteiger charge is 2.20. The van der Waals surface area contributed by atoms with E-state index in [2.05, 4.69) is 23.3 Å². The molecule has 0 amide bonds. The summed E-state index contributed by atoms with van der Waals surface area (Å²) in [5.74, 6) is 0. The van der Waals surface area contributed by atoms with Crippen LogP contribution in [-0.4, -0.2) is 24.2 Å². The van der Waals surface area contributed by atoms with Gasteiger partial charge < -0.3 is 10.1 Å². The lowest BCUT2D eigenvalue weighted by atomic mass is 10.1. The van der Waals surface area contributed by atoms with Gasteiger partial charge in [0.1, 0.15) is 0 Å². The predicted molar refractivity (Wildman–Crippen MR) is 55.1 cm³/mol. The van der Waals surface area contributed by atoms with Gasteiger partial charge in [0.2, 0.25) is 0 Å². The Morgan fingerprint density at radius 1 is 1.50 bits per heavy atom. The van der Waals surface area contributed by atoms with Crippen LogP contribution in [-0.2, 0) is 4.74 Å². The second-order valence-corrected chi connectivity index (χ2v) is 3.82. The minimum absolute atomic E-state index is 0.181. The number of aromatic nitrogens is 1. The lowest BCUT2D eigenvalue weighted by Crippen LogP contribution is -2.38. The number of hydrogen-bond donors (Lipinski definition) is 1. The highest BCUT2D eigenvalue weighted by Crippen LogP contribution is 2.20. The van der Waals surface area contributed by atoms with Crippen LogP contribution in [0.1, 0.15) is 24.3 Å². The van der Waals surface area contributed by atoms with E-state index in [0.29, 0.717) is 6.10 Å². The largest absolute Gasteiger partial charge is 0.368 e. The average molecular weight is 192 g/mol. The third-order valence-corrected chi connectivity index (χ3v) is 2.45. The van der Waals surface area contributed by atoms with Crippen molar-refractivity contribution >= 4 is 0 Å². The van der Waals surface area contributed by atoms with E-state index < -0.39 is 0 Å². The van der Waals surface area contributed by atoms with Gasteiger partial charge in [-0.15, -0.1) is 0 Å². The van der Waals surface area contributed by atoms with Gasteiger partial charge in [-0.25, -0.2) is 0 Å². The van der Waals surface area contributed by atoms with Crippen molar-refractivity contribution in [2.75, 3.05) is 13.1 Å². The summed E-state index contributed by atoms with van der Waals surface area (Å²) in [4.78, 5) is 4.18. The molecule has 0 aromatic carbocycles. The summed E-state index contributed by atoms with van der Waals surface area (Å²) in [6.07, 6.45) is 2.32. The summed E-state index contributed by atoms with van der Waals surface area (Å²) in [6.45, 7) is 5.94. The molecule has 1 N–H and O–H groups in total. The highest BCUT2D eigenvalue weighted by molar-refractivity contribution is 5.19. The maximum absolute atomic E-state index is 5.84. The van der Waals surface area contributed by atoms with Crippen molar-refractivity contribution in [3.05, 3.63) is 29.6 Å². The van der Waals surface area contributed by atoms with Gasteiger partial charge in [0.15, 0.2) is 0 Å². The van der Waals surface area contributed by atoms with Gasteiger partial charge in [-0.3, -0.25) is 4.98 Å². The third-order valence-electron chi connectivity index (χ3n) is 2.45. The maximum Gasteiger partial charge on any atom is 0.0954 e. The molecule has 76 valence electrons. The number of aryl methyl sites for hydroxylation is 1. The molecule has 2 heterocycles. The Morgan fingerprint density at radius 2 is 2.36 bits per heavy atom. The molecule has 0 spiro atoms. The number of nitrogens with one attached hydrogen (secondary N) is 1. The molecule has 14 heavy (non-hydrogen) atoms. The summed E-state index contributed by atoms with van der Waals surface area (Å²) in [6, 6.07) is 4.11. The number of ether oxygens (including phenoxy) is 1. The molecule has 1 aromatic heterocycles. The van der Waals surface area contributed by atoms with Crippen LogP contribution in [0.3, 0.4) is 0 Å². The van der Waals surface area contributed by atoms with E-state index in [4.69, 9.17) is 4.74 Å². The first kappa shape index (κ1) is 9.62. The number of morpholine rings is 1. The molecular weight excluding hydrogens is 176 g/mol. The fraction of sp³-hybridized carbons (Fsp3) is 0.545.